The summed E-state index contributed by atoms with van der Waals surface area (Å²) < 4.78 is 4.44. The van der Waals surface area contributed by atoms with Gasteiger partial charge in [0.2, 0.25) is 0 Å². The van der Waals surface area contributed by atoms with Crippen molar-refractivity contribution in [2.45, 2.75) is 6.10 Å². The van der Waals surface area contributed by atoms with Crippen molar-refractivity contribution < 1.29 is 4.74 Å². The summed E-state index contributed by atoms with van der Waals surface area (Å²) in [5.41, 5.74) is 0. The van der Waals surface area contributed by atoms with Gasteiger partial charge in [-0.1, -0.05) is 0 Å². The minimum atomic E-state index is -0.667. The minimum Gasteiger partial charge on any atom is -0.361 e. The van der Waals surface area contributed by atoms with Crippen LogP contribution in [-0.4, -0.2) is 19.4 Å². The van der Waals surface area contributed by atoms with E-state index in [1.54, 1.807) is 6.07 Å². The molecule has 8 heavy (non-hydrogen) atoms. The Labute approximate surface area is 54.2 Å². The zero-order chi connectivity index (χ0) is 5.70. The first-order chi connectivity index (χ1) is 3.35. The third-order valence-electron chi connectivity index (χ3n) is 0.533. The van der Waals surface area contributed by atoms with Crippen molar-refractivity contribution in [2.24, 2.45) is 0 Å². The first-order valence-electron chi connectivity index (χ1n) is 1.78. The molecule has 0 aromatic heterocycles. The number of nitrogens with one attached hydrogen (secondary N) is 1. The highest BCUT2D eigenvalue weighted by Gasteiger charge is 1.94. The average Bonchev–Trinajstić information content (AvgIpc) is 1.72. The Hall–Kier alpha value is -0.590. The van der Waals surface area contributed by atoms with Crippen molar-refractivity contribution in [3.8, 4) is 6.07 Å². The predicted molar refractivity (Wildman–Crippen MR) is 32.4 cm³/mol. The molecule has 0 rings (SSSR count). The van der Waals surface area contributed by atoms with Gasteiger partial charge in [-0.2, -0.15) is 5.26 Å². The summed E-state index contributed by atoms with van der Waals surface area (Å²) in [4.78, 5) is 0. The topological polar surface area (TPSA) is 56.9 Å². The van der Waals surface area contributed by atoms with Gasteiger partial charge in [0.1, 0.15) is 6.07 Å². The summed E-state index contributed by atoms with van der Waals surface area (Å²) in [6.45, 7) is 0. The van der Waals surface area contributed by atoms with Crippen molar-refractivity contribution in [1.82, 2.24) is 0 Å². The van der Waals surface area contributed by atoms with E-state index >= 15 is 0 Å². The van der Waals surface area contributed by atoms with Gasteiger partial charge in [0, 0.05) is 13.3 Å². The molecule has 0 saturated heterocycles. The molecule has 0 fully saturated rings. The summed E-state index contributed by atoms with van der Waals surface area (Å²) in [6.07, 6.45) is 0.278. The van der Waals surface area contributed by atoms with Crippen LogP contribution < -0.4 is 0 Å². The molecule has 0 heterocycles. The van der Waals surface area contributed by atoms with Crippen LogP contribution in [-0.2, 0) is 4.74 Å². The van der Waals surface area contributed by atoms with Gasteiger partial charge in [0.25, 0.3) is 0 Å². The number of methoxy groups -OCH3 is 1. The highest BCUT2D eigenvalue weighted by atomic mass is 35.5. The molecular formula is C4H7ClN2O. The van der Waals surface area contributed by atoms with Crippen molar-refractivity contribution >= 4 is 18.6 Å². The zero-order valence-electron chi connectivity index (χ0n) is 4.42. The lowest BCUT2D eigenvalue weighted by molar-refractivity contribution is 0.199. The number of rotatable bonds is 2. The molecule has 0 aliphatic carbocycles. The summed E-state index contributed by atoms with van der Waals surface area (Å²) in [6, 6.07) is 1.74. The number of halogens is 1. The quantitative estimate of drug-likeness (QED) is 0.563. The second-order valence-electron chi connectivity index (χ2n) is 0.952. The largest absolute Gasteiger partial charge is 0.361 e. The number of hydrogen-bond acceptors (Lipinski definition) is 3. The van der Waals surface area contributed by atoms with Crippen LogP contribution in [0.2, 0.25) is 0 Å². The summed E-state index contributed by atoms with van der Waals surface area (Å²) in [5.74, 6) is 0. The van der Waals surface area contributed by atoms with Crippen molar-refractivity contribution in [2.75, 3.05) is 7.11 Å². The van der Waals surface area contributed by atoms with E-state index in [4.69, 9.17) is 10.7 Å². The molecule has 0 saturated carbocycles. The van der Waals surface area contributed by atoms with E-state index in [2.05, 4.69) is 4.74 Å². The Kier molecular flexibility index (Phi) is 8.34. The average molecular weight is 135 g/mol. The van der Waals surface area contributed by atoms with E-state index in [1.165, 1.54) is 7.11 Å². The molecule has 1 atom stereocenters. The van der Waals surface area contributed by atoms with E-state index < -0.39 is 6.10 Å². The van der Waals surface area contributed by atoms with Crippen LogP contribution in [0, 0.1) is 16.7 Å². The van der Waals surface area contributed by atoms with Gasteiger partial charge < -0.3 is 10.1 Å². The Morgan fingerprint density at radius 1 is 1.88 bits per heavy atom. The zero-order valence-corrected chi connectivity index (χ0v) is 5.23. The van der Waals surface area contributed by atoms with Gasteiger partial charge in [0.15, 0.2) is 6.10 Å². The number of hydrogen-bond donors (Lipinski definition) is 1. The highest BCUT2D eigenvalue weighted by molar-refractivity contribution is 5.85. The van der Waals surface area contributed by atoms with E-state index in [-0.39, 0.29) is 12.4 Å². The Morgan fingerprint density at radius 3 is 2.38 bits per heavy atom. The summed E-state index contributed by atoms with van der Waals surface area (Å²) in [7, 11) is 1.39. The Balaban J connectivity index is 0. The van der Waals surface area contributed by atoms with Gasteiger partial charge in [-0.05, 0) is 0 Å². The van der Waals surface area contributed by atoms with Gasteiger partial charge in [-0.3, -0.25) is 0 Å². The SMILES string of the molecule is COC(C#N)C=N.Cl. The lowest BCUT2D eigenvalue weighted by Crippen LogP contribution is -2.06. The van der Waals surface area contributed by atoms with Crippen LogP contribution in [0.15, 0.2) is 0 Å². The van der Waals surface area contributed by atoms with Crippen molar-refractivity contribution in [1.29, 1.82) is 10.7 Å². The Bertz CT molecular complexity index is 98.7. The third kappa shape index (κ3) is 3.59. The maximum atomic E-state index is 8.00. The van der Waals surface area contributed by atoms with Crippen LogP contribution >= 0.6 is 12.4 Å². The number of nitriles is 1. The number of ether oxygens (including phenoxy) is 1. The molecule has 3 nitrogen and oxygen atoms in total. The molecule has 46 valence electrons. The Morgan fingerprint density at radius 2 is 2.38 bits per heavy atom. The van der Waals surface area contributed by atoms with Gasteiger partial charge in [-0.15, -0.1) is 12.4 Å². The molecule has 0 aliphatic rings. The fourth-order valence-corrected chi connectivity index (χ4v) is 0.158. The van der Waals surface area contributed by atoms with Gasteiger partial charge in [0.05, 0.1) is 0 Å². The fraction of sp³-hybridized carbons (Fsp3) is 0.500. The van der Waals surface area contributed by atoms with Crippen molar-refractivity contribution in [3.05, 3.63) is 0 Å². The fourth-order valence-electron chi connectivity index (χ4n) is 0.158. The van der Waals surface area contributed by atoms with Gasteiger partial charge >= 0.3 is 0 Å². The lowest BCUT2D eigenvalue weighted by atomic mass is 10.4. The predicted octanol–water partition coefficient (Wildman–Crippen LogP) is 0.596. The first kappa shape index (κ1) is 10.4. The minimum absolute atomic E-state index is 0. The molecule has 1 unspecified atom stereocenters. The molecule has 0 aromatic rings. The van der Waals surface area contributed by atoms with E-state index in [1.807, 2.05) is 0 Å². The first-order valence-corrected chi connectivity index (χ1v) is 1.78. The number of nitrogens with zero attached hydrogens (tertiary/aromatic N) is 1. The smallest absolute Gasteiger partial charge is 0.177 e. The van der Waals surface area contributed by atoms with E-state index in [0.29, 0.717) is 0 Å². The van der Waals surface area contributed by atoms with Crippen molar-refractivity contribution in [3.63, 3.8) is 0 Å². The molecular weight excluding hydrogens is 128 g/mol. The van der Waals surface area contributed by atoms with E-state index in [9.17, 15) is 0 Å². The standard InChI is InChI=1S/C4H6N2O.ClH/c1-7-4(2-5)3-6;/h2,4-5H,1H3;1H. The lowest BCUT2D eigenvalue weighted by Gasteiger charge is -1.92. The van der Waals surface area contributed by atoms with Crippen LogP contribution in [0.3, 0.4) is 0 Å². The molecule has 0 aliphatic heterocycles. The van der Waals surface area contributed by atoms with Crippen LogP contribution in [0.4, 0.5) is 0 Å². The van der Waals surface area contributed by atoms with E-state index in [0.717, 1.165) is 6.21 Å². The van der Waals surface area contributed by atoms with Crippen LogP contribution in [0.25, 0.3) is 0 Å². The monoisotopic (exact) mass is 134 g/mol. The second-order valence-corrected chi connectivity index (χ2v) is 0.952. The molecule has 4 heteroatoms. The second kappa shape index (κ2) is 6.41. The third-order valence-corrected chi connectivity index (χ3v) is 0.533. The summed E-state index contributed by atoms with van der Waals surface area (Å²) >= 11 is 0. The molecule has 1 N–H and O–H groups in total. The molecule has 0 radical (unpaired) electrons. The van der Waals surface area contributed by atoms with Crippen LogP contribution in [0.5, 0.6) is 0 Å². The molecule has 0 aromatic carbocycles. The normalized spacial score (nSPS) is 10.5. The summed E-state index contributed by atoms with van der Waals surface area (Å²) in [5, 5.41) is 14.5. The maximum Gasteiger partial charge on any atom is 0.177 e. The maximum absolute atomic E-state index is 8.00. The van der Waals surface area contributed by atoms with Gasteiger partial charge in [-0.25, -0.2) is 0 Å². The highest BCUT2D eigenvalue weighted by Crippen LogP contribution is 1.76. The van der Waals surface area contributed by atoms with Crippen LogP contribution in [0.1, 0.15) is 0 Å². The molecule has 0 amide bonds. The molecule has 0 bridgehead atoms. The molecule has 0 spiro atoms.